The standard InChI is InChI=1S/C17H26N2O3S/c20-23(21)11-8-18(9-12-23)14-17-15-19(7-4-10-22-17)13-16-5-2-1-3-6-16/h1-3,5-6,17H,4,7-15H2/t17-/m1/s1. The van der Waals surface area contributed by atoms with Crippen LogP contribution in [-0.4, -0.2) is 75.2 Å². The molecular formula is C17H26N2O3S. The second-order valence-electron chi connectivity index (χ2n) is 6.52. The molecule has 0 amide bonds. The van der Waals surface area contributed by atoms with E-state index in [1.54, 1.807) is 0 Å². The van der Waals surface area contributed by atoms with Gasteiger partial charge in [-0.1, -0.05) is 30.3 Å². The van der Waals surface area contributed by atoms with Crippen molar-refractivity contribution in [3.63, 3.8) is 0 Å². The summed E-state index contributed by atoms with van der Waals surface area (Å²) in [6.07, 6.45) is 1.22. The first-order chi connectivity index (χ1) is 11.1. The Labute approximate surface area is 139 Å². The van der Waals surface area contributed by atoms with Crippen LogP contribution in [0.25, 0.3) is 0 Å². The summed E-state index contributed by atoms with van der Waals surface area (Å²) >= 11 is 0. The first-order valence-electron chi connectivity index (χ1n) is 8.41. The molecule has 0 radical (unpaired) electrons. The van der Waals surface area contributed by atoms with E-state index in [4.69, 9.17) is 4.74 Å². The lowest BCUT2D eigenvalue weighted by Gasteiger charge is -2.31. The zero-order valence-electron chi connectivity index (χ0n) is 13.6. The lowest BCUT2D eigenvalue weighted by molar-refractivity contribution is 0.0275. The minimum absolute atomic E-state index is 0.169. The highest BCUT2D eigenvalue weighted by Crippen LogP contribution is 2.13. The Hall–Kier alpha value is -0.950. The van der Waals surface area contributed by atoms with Crippen LogP contribution in [0.15, 0.2) is 30.3 Å². The molecule has 0 spiro atoms. The van der Waals surface area contributed by atoms with Crippen LogP contribution in [-0.2, 0) is 21.1 Å². The highest BCUT2D eigenvalue weighted by atomic mass is 32.2. The molecular weight excluding hydrogens is 312 g/mol. The van der Waals surface area contributed by atoms with Gasteiger partial charge in [-0.05, 0) is 12.0 Å². The molecule has 2 aliphatic rings. The van der Waals surface area contributed by atoms with Gasteiger partial charge in [-0.3, -0.25) is 9.80 Å². The van der Waals surface area contributed by atoms with E-state index in [0.717, 1.165) is 39.2 Å². The fourth-order valence-corrected chi connectivity index (χ4v) is 4.56. The summed E-state index contributed by atoms with van der Waals surface area (Å²) < 4.78 is 29.1. The van der Waals surface area contributed by atoms with Gasteiger partial charge in [0.05, 0.1) is 17.6 Å². The van der Waals surface area contributed by atoms with E-state index in [0.29, 0.717) is 13.1 Å². The lowest BCUT2D eigenvalue weighted by atomic mass is 10.2. The first-order valence-corrected chi connectivity index (χ1v) is 10.2. The molecule has 0 N–H and O–H groups in total. The number of nitrogens with zero attached hydrogens (tertiary/aromatic N) is 2. The molecule has 3 rings (SSSR count). The number of sulfone groups is 1. The molecule has 128 valence electrons. The minimum atomic E-state index is -2.81. The van der Waals surface area contributed by atoms with Crippen molar-refractivity contribution in [3.05, 3.63) is 35.9 Å². The number of ether oxygens (including phenoxy) is 1. The van der Waals surface area contributed by atoms with Crippen LogP contribution in [0.3, 0.4) is 0 Å². The Bertz CT molecular complexity index is 577. The SMILES string of the molecule is O=S1(=O)CCN(C[C@@H]2CN(Cc3ccccc3)CCCO2)CC1. The van der Waals surface area contributed by atoms with Crippen molar-refractivity contribution < 1.29 is 13.2 Å². The number of rotatable bonds is 4. The molecule has 2 saturated heterocycles. The van der Waals surface area contributed by atoms with Crippen molar-refractivity contribution in [2.45, 2.75) is 19.1 Å². The molecule has 5 nitrogen and oxygen atoms in total. The van der Waals surface area contributed by atoms with Crippen molar-refractivity contribution in [2.24, 2.45) is 0 Å². The molecule has 6 heteroatoms. The average Bonchev–Trinajstić information content (AvgIpc) is 2.75. The summed E-state index contributed by atoms with van der Waals surface area (Å²) in [5, 5.41) is 0. The topological polar surface area (TPSA) is 49.9 Å². The molecule has 0 saturated carbocycles. The third-order valence-electron chi connectivity index (χ3n) is 4.58. The van der Waals surface area contributed by atoms with E-state index in [2.05, 4.69) is 34.1 Å². The monoisotopic (exact) mass is 338 g/mol. The molecule has 2 aliphatic heterocycles. The summed E-state index contributed by atoms with van der Waals surface area (Å²) in [5.74, 6) is 0.570. The Morgan fingerprint density at radius 1 is 1.04 bits per heavy atom. The third-order valence-corrected chi connectivity index (χ3v) is 6.19. The van der Waals surface area contributed by atoms with E-state index in [9.17, 15) is 8.42 Å². The van der Waals surface area contributed by atoms with Gasteiger partial charge in [-0.25, -0.2) is 8.42 Å². The van der Waals surface area contributed by atoms with Crippen LogP contribution >= 0.6 is 0 Å². The highest BCUT2D eigenvalue weighted by molar-refractivity contribution is 7.91. The van der Waals surface area contributed by atoms with Crippen LogP contribution < -0.4 is 0 Å². The maximum atomic E-state index is 11.5. The van der Waals surface area contributed by atoms with E-state index in [-0.39, 0.29) is 17.6 Å². The van der Waals surface area contributed by atoms with E-state index in [1.807, 2.05) is 6.07 Å². The average molecular weight is 338 g/mol. The maximum Gasteiger partial charge on any atom is 0.152 e. The van der Waals surface area contributed by atoms with Crippen LogP contribution in [0.1, 0.15) is 12.0 Å². The summed E-state index contributed by atoms with van der Waals surface area (Å²) in [6, 6.07) is 10.5. The Balaban J connectivity index is 1.53. The molecule has 0 aliphatic carbocycles. The largest absolute Gasteiger partial charge is 0.376 e. The summed E-state index contributed by atoms with van der Waals surface area (Å²) in [7, 11) is -2.81. The molecule has 1 aromatic rings. The van der Waals surface area contributed by atoms with Crippen LogP contribution in [0.5, 0.6) is 0 Å². The van der Waals surface area contributed by atoms with Crippen LogP contribution in [0.2, 0.25) is 0 Å². The fraction of sp³-hybridized carbons (Fsp3) is 0.647. The van der Waals surface area contributed by atoms with Gasteiger partial charge < -0.3 is 4.74 Å². The summed E-state index contributed by atoms with van der Waals surface area (Å²) in [4.78, 5) is 4.69. The smallest absolute Gasteiger partial charge is 0.152 e. The van der Waals surface area contributed by atoms with Crippen LogP contribution in [0.4, 0.5) is 0 Å². The van der Waals surface area contributed by atoms with Gasteiger partial charge in [0.15, 0.2) is 9.84 Å². The maximum absolute atomic E-state index is 11.5. The van der Waals surface area contributed by atoms with Gasteiger partial charge in [0.25, 0.3) is 0 Å². The minimum Gasteiger partial charge on any atom is -0.376 e. The second-order valence-corrected chi connectivity index (χ2v) is 8.82. The molecule has 1 atom stereocenters. The second kappa shape index (κ2) is 7.75. The van der Waals surface area contributed by atoms with E-state index < -0.39 is 9.84 Å². The fourth-order valence-electron chi connectivity index (χ4n) is 3.29. The zero-order valence-corrected chi connectivity index (χ0v) is 14.4. The normalized spacial score (nSPS) is 26.7. The first kappa shape index (κ1) is 16.9. The van der Waals surface area contributed by atoms with Gasteiger partial charge >= 0.3 is 0 Å². The Kier molecular flexibility index (Phi) is 5.69. The third kappa shape index (κ3) is 5.28. The van der Waals surface area contributed by atoms with Gasteiger partial charge in [-0.2, -0.15) is 0 Å². The molecule has 1 aromatic carbocycles. The molecule has 0 unspecified atom stereocenters. The van der Waals surface area contributed by atoms with Crippen molar-refractivity contribution in [1.29, 1.82) is 0 Å². The molecule has 2 fully saturated rings. The van der Waals surface area contributed by atoms with Gasteiger partial charge in [-0.15, -0.1) is 0 Å². The van der Waals surface area contributed by atoms with Crippen molar-refractivity contribution in [3.8, 4) is 0 Å². The predicted octanol–water partition coefficient (Wildman–Crippen LogP) is 1.01. The number of hydrogen-bond donors (Lipinski definition) is 0. The van der Waals surface area contributed by atoms with E-state index in [1.165, 1.54) is 5.56 Å². The molecule has 23 heavy (non-hydrogen) atoms. The van der Waals surface area contributed by atoms with E-state index >= 15 is 0 Å². The number of hydrogen-bond acceptors (Lipinski definition) is 5. The summed E-state index contributed by atoms with van der Waals surface area (Å²) in [5.41, 5.74) is 1.33. The predicted molar refractivity (Wildman–Crippen MR) is 91.2 cm³/mol. The van der Waals surface area contributed by atoms with Crippen molar-refractivity contribution in [2.75, 3.05) is 50.8 Å². The zero-order chi connectivity index (χ0) is 16.1. The quantitative estimate of drug-likeness (QED) is 0.820. The van der Waals surface area contributed by atoms with Crippen molar-refractivity contribution in [1.82, 2.24) is 9.80 Å². The highest BCUT2D eigenvalue weighted by Gasteiger charge is 2.26. The Morgan fingerprint density at radius 3 is 2.52 bits per heavy atom. The van der Waals surface area contributed by atoms with Gasteiger partial charge in [0.2, 0.25) is 0 Å². The molecule has 2 heterocycles. The summed E-state index contributed by atoms with van der Waals surface area (Å²) in [6.45, 7) is 5.83. The molecule has 0 aromatic heterocycles. The van der Waals surface area contributed by atoms with Crippen LogP contribution in [0, 0.1) is 0 Å². The van der Waals surface area contributed by atoms with Gasteiger partial charge in [0.1, 0.15) is 0 Å². The Morgan fingerprint density at radius 2 is 1.78 bits per heavy atom. The van der Waals surface area contributed by atoms with Gasteiger partial charge in [0, 0.05) is 45.9 Å². The molecule has 0 bridgehead atoms. The lowest BCUT2D eigenvalue weighted by Crippen LogP contribution is -2.46. The number of benzene rings is 1. The van der Waals surface area contributed by atoms with Crippen molar-refractivity contribution >= 4 is 9.84 Å².